The number of benzene rings is 1. The second-order valence-electron chi connectivity index (χ2n) is 2.62. The molecule has 1 aromatic carbocycles. The van der Waals surface area contributed by atoms with Crippen LogP contribution in [-0.2, 0) is 11.2 Å². The lowest BCUT2D eigenvalue weighted by molar-refractivity contribution is 0.158. The number of carbonyl (C=O) groups excluding carboxylic acids is 1. The van der Waals surface area contributed by atoms with Crippen LogP contribution in [0.15, 0.2) is 24.3 Å². The fourth-order valence-corrected chi connectivity index (χ4v) is 1.02. The average Bonchev–Trinajstić information content (AvgIpc) is 2.08. The monoisotopic (exact) mass is 180 g/mol. The molecule has 0 atom stereocenters. The van der Waals surface area contributed by atoms with Gasteiger partial charge in [0.2, 0.25) is 0 Å². The Hall–Kier alpha value is -1.71. The molecular formula is C9H12N2O2. The Bertz CT molecular complexity index is 299. The molecule has 0 radical (unpaired) electrons. The minimum absolute atomic E-state index is 0.267. The van der Waals surface area contributed by atoms with Gasteiger partial charge in [-0.15, -0.1) is 0 Å². The molecule has 0 unspecified atom stereocenters. The van der Waals surface area contributed by atoms with E-state index < -0.39 is 6.09 Å². The lowest BCUT2D eigenvalue weighted by Gasteiger charge is -2.04. The van der Waals surface area contributed by atoms with Crippen molar-refractivity contribution in [2.45, 2.75) is 6.42 Å². The van der Waals surface area contributed by atoms with E-state index in [0.29, 0.717) is 12.1 Å². The van der Waals surface area contributed by atoms with Gasteiger partial charge in [0.25, 0.3) is 0 Å². The third kappa shape index (κ3) is 3.02. The van der Waals surface area contributed by atoms with E-state index >= 15 is 0 Å². The second-order valence-corrected chi connectivity index (χ2v) is 2.62. The highest BCUT2D eigenvalue weighted by molar-refractivity contribution is 5.64. The quantitative estimate of drug-likeness (QED) is 0.678. The lowest BCUT2D eigenvalue weighted by atomic mass is 10.1. The van der Waals surface area contributed by atoms with Crippen LogP contribution in [0.1, 0.15) is 5.56 Å². The average molecular weight is 180 g/mol. The van der Waals surface area contributed by atoms with Gasteiger partial charge in [0.05, 0.1) is 6.61 Å². The van der Waals surface area contributed by atoms with Gasteiger partial charge in [0.1, 0.15) is 0 Å². The minimum atomic E-state index is -0.755. The number of rotatable bonds is 3. The summed E-state index contributed by atoms with van der Waals surface area (Å²) in [6, 6.07) is 7.43. The van der Waals surface area contributed by atoms with E-state index in [-0.39, 0.29) is 6.61 Å². The molecule has 1 rings (SSSR count). The van der Waals surface area contributed by atoms with Gasteiger partial charge >= 0.3 is 6.09 Å². The van der Waals surface area contributed by atoms with Gasteiger partial charge in [-0.05, 0) is 11.6 Å². The third-order valence-corrected chi connectivity index (χ3v) is 1.67. The Kier molecular flexibility index (Phi) is 3.14. The van der Waals surface area contributed by atoms with Gasteiger partial charge in [-0.2, -0.15) is 0 Å². The van der Waals surface area contributed by atoms with Crippen LogP contribution in [0.5, 0.6) is 0 Å². The van der Waals surface area contributed by atoms with Crippen LogP contribution in [0.4, 0.5) is 10.5 Å². The van der Waals surface area contributed by atoms with Crippen LogP contribution < -0.4 is 11.5 Å². The normalized spacial score (nSPS) is 9.54. The molecule has 70 valence electrons. The molecule has 0 spiro atoms. The maximum absolute atomic E-state index is 10.2. The van der Waals surface area contributed by atoms with E-state index in [2.05, 4.69) is 4.74 Å². The van der Waals surface area contributed by atoms with Crippen molar-refractivity contribution >= 4 is 11.8 Å². The van der Waals surface area contributed by atoms with Crippen molar-refractivity contribution in [2.75, 3.05) is 12.3 Å². The molecule has 4 N–H and O–H groups in total. The summed E-state index contributed by atoms with van der Waals surface area (Å²) in [7, 11) is 0. The van der Waals surface area contributed by atoms with Gasteiger partial charge in [0, 0.05) is 12.1 Å². The fraction of sp³-hybridized carbons (Fsp3) is 0.222. The number of nitrogens with two attached hydrogens (primary N) is 2. The molecule has 0 fully saturated rings. The van der Waals surface area contributed by atoms with Crippen LogP contribution in [-0.4, -0.2) is 12.7 Å². The predicted octanol–water partition coefficient (Wildman–Crippen LogP) is 0.907. The number of carbonyl (C=O) groups is 1. The molecule has 0 heterocycles. The Labute approximate surface area is 76.5 Å². The second kappa shape index (κ2) is 4.35. The zero-order valence-electron chi connectivity index (χ0n) is 7.19. The first kappa shape index (κ1) is 9.38. The highest BCUT2D eigenvalue weighted by atomic mass is 16.5. The summed E-state index contributed by atoms with van der Waals surface area (Å²) in [5.74, 6) is 0. The molecule has 13 heavy (non-hydrogen) atoms. The van der Waals surface area contributed by atoms with Gasteiger partial charge in [0.15, 0.2) is 0 Å². The predicted molar refractivity (Wildman–Crippen MR) is 50.1 cm³/mol. The minimum Gasteiger partial charge on any atom is -0.449 e. The molecule has 0 bridgehead atoms. The number of primary amides is 1. The van der Waals surface area contributed by atoms with Crippen molar-refractivity contribution in [2.24, 2.45) is 5.73 Å². The summed E-state index contributed by atoms with van der Waals surface area (Å²) in [5.41, 5.74) is 12.1. The largest absolute Gasteiger partial charge is 0.449 e. The molecule has 1 aromatic rings. The highest BCUT2D eigenvalue weighted by Gasteiger charge is 1.98. The van der Waals surface area contributed by atoms with E-state index in [0.717, 1.165) is 5.56 Å². The Morgan fingerprint density at radius 1 is 1.38 bits per heavy atom. The first-order valence-corrected chi connectivity index (χ1v) is 3.96. The molecule has 4 heteroatoms. The smallest absolute Gasteiger partial charge is 0.404 e. The molecule has 0 aromatic heterocycles. The first-order chi connectivity index (χ1) is 6.20. The van der Waals surface area contributed by atoms with Crippen LogP contribution in [0.3, 0.4) is 0 Å². The van der Waals surface area contributed by atoms with Gasteiger partial charge in [-0.25, -0.2) is 4.79 Å². The molecule has 0 aliphatic carbocycles. The SMILES string of the molecule is NC(=O)OCCc1ccccc1N. The summed E-state index contributed by atoms with van der Waals surface area (Å²) < 4.78 is 4.58. The Morgan fingerprint density at radius 3 is 2.69 bits per heavy atom. The van der Waals surface area contributed by atoms with Crippen molar-refractivity contribution in [1.29, 1.82) is 0 Å². The van der Waals surface area contributed by atoms with E-state index in [1.807, 2.05) is 18.2 Å². The van der Waals surface area contributed by atoms with Crippen LogP contribution in [0.2, 0.25) is 0 Å². The fourth-order valence-electron chi connectivity index (χ4n) is 1.02. The zero-order valence-corrected chi connectivity index (χ0v) is 7.19. The number of para-hydroxylation sites is 1. The summed E-state index contributed by atoms with van der Waals surface area (Å²) in [6.07, 6.45) is -0.162. The summed E-state index contributed by atoms with van der Waals surface area (Å²) >= 11 is 0. The van der Waals surface area contributed by atoms with E-state index in [9.17, 15) is 4.79 Å². The molecule has 0 aliphatic rings. The topological polar surface area (TPSA) is 78.3 Å². The number of anilines is 1. The van der Waals surface area contributed by atoms with Crippen molar-refractivity contribution in [3.8, 4) is 0 Å². The number of nitrogen functional groups attached to an aromatic ring is 1. The van der Waals surface area contributed by atoms with E-state index in [1.165, 1.54) is 0 Å². The van der Waals surface area contributed by atoms with Gasteiger partial charge < -0.3 is 16.2 Å². The summed E-state index contributed by atoms with van der Waals surface area (Å²) in [5, 5.41) is 0. The Morgan fingerprint density at radius 2 is 2.08 bits per heavy atom. The van der Waals surface area contributed by atoms with Crippen LogP contribution >= 0.6 is 0 Å². The maximum atomic E-state index is 10.2. The van der Waals surface area contributed by atoms with Crippen LogP contribution in [0.25, 0.3) is 0 Å². The van der Waals surface area contributed by atoms with Crippen molar-refractivity contribution in [3.63, 3.8) is 0 Å². The van der Waals surface area contributed by atoms with Gasteiger partial charge in [-0.3, -0.25) is 0 Å². The van der Waals surface area contributed by atoms with Crippen molar-refractivity contribution < 1.29 is 9.53 Å². The summed E-state index contributed by atoms with van der Waals surface area (Å²) in [4.78, 5) is 10.2. The molecule has 0 aliphatic heterocycles. The van der Waals surface area contributed by atoms with Crippen molar-refractivity contribution in [3.05, 3.63) is 29.8 Å². The number of ether oxygens (including phenoxy) is 1. The lowest BCUT2D eigenvalue weighted by Crippen LogP contribution is -2.15. The third-order valence-electron chi connectivity index (χ3n) is 1.67. The number of hydrogen-bond donors (Lipinski definition) is 2. The number of hydrogen-bond acceptors (Lipinski definition) is 3. The Balaban J connectivity index is 2.45. The first-order valence-electron chi connectivity index (χ1n) is 3.96. The molecule has 1 amide bonds. The van der Waals surface area contributed by atoms with Gasteiger partial charge in [-0.1, -0.05) is 18.2 Å². The number of amides is 1. The standard InChI is InChI=1S/C9H12N2O2/c10-8-4-2-1-3-7(8)5-6-13-9(11)12/h1-4H,5-6,10H2,(H2,11,12). The van der Waals surface area contributed by atoms with Crippen molar-refractivity contribution in [1.82, 2.24) is 0 Å². The molecular weight excluding hydrogens is 168 g/mol. The summed E-state index contributed by atoms with van der Waals surface area (Å²) in [6.45, 7) is 0.267. The molecule has 4 nitrogen and oxygen atoms in total. The maximum Gasteiger partial charge on any atom is 0.404 e. The molecule has 0 saturated heterocycles. The zero-order chi connectivity index (χ0) is 9.68. The van der Waals surface area contributed by atoms with Crippen LogP contribution in [0, 0.1) is 0 Å². The van der Waals surface area contributed by atoms with E-state index in [4.69, 9.17) is 11.5 Å². The van der Waals surface area contributed by atoms with E-state index in [1.54, 1.807) is 6.07 Å². The highest BCUT2D eigenvalue weighted by Crippen LogP contribution is 2.10. The molecule has 0 saturated carbocycles.